The van der Waals surface area contributed by atoms with Crippen LogP contribution in [0.5, 0.6) is 0 Å². The van der Waals surface area contributed by atoms with Gasteiger partial charge in [-0.05, 0) is 75.4 Å². The second kappa shape index (κ2) is 17.0. The van der Waals surface area contributed by atoms with Crippen molar-refractivity contribution in [2.75, 3.05) is 28.3 Å². The number of esters is 1. The second-order valence-corrected chi connectivity index (χ2v) is 16.4. The van der Waals surface area contributed by atoms with Crippen LogP contribution in [-0.2, 0) is 42.7 Å². The van der Waals surface area contributed by atoms with E-state index in [4.69, 9.17) is 33.2 Å². The number of Topliss-reactive ketones (excluding diaryl/α,β-unsaturated/α-hetero) is 1. The number of hydrogen-bond acceptors (Lipinski definition) is 14. The Morgan fingerprint density at radius 1 is 0.804 bits per heavy atom. The molecule has 0 radical (unpaired) electrons. The maximum Gasteiger partial charge on any atom is 0.311 e. The summed E-state index contributed by atoms with van der Waals surface area (Å²) in [6.45, 7) is 16.7. The third-order valence-corrected chi connectivity index (χ3v) is 12.1. The van der Waals surface area contributed by atoms with Crippen molar-refractivity contribution < 1.29 is 63.2 Å². The van der Waals surface area contributed by atoms with Crippen molar-refractivity contribution in [1.29, 1.82) is 0 Å². The fourth-order valence-electron chi connectivity index (χ4n) is 8.17. The van der Waals surface area contributed by atoms with Gasteiger partial charge >= 0.3 is 5.97 Å². The van der Waals surface area contributed by atoms with Gasteiger partial charge < -0.3 is 58.5 Å². The first kappa shape index (κ1) is 44.1. The Hall–Kier alpha value is -1.30. The topological polar surface area (TPSA) is 183 Å². The number of carbonyl (C=O) groups excluding carboxylic acids is 2. The normalized spacial score (nSPS) is 49.7. The zero-order valence-electron chi connectivity index (χ0n) is 33.2. The second-order valence-electron chi connectivity index (χ2n) is 16.4. The Morgan fingerprint density at radius 2 is 1.39 bits per heavy atom. The van der Waals surface area contributed by atoms with Crippen molar-refractivity contribution >= 4 is 11.8 Å². The summed E-state index contributed by atoms with van der Waals surface area (Å²) in [4.78, 5) is 29.8. The molecule has 3 fully saturated rings. The largest absolute Gasteiger partial charge is 0.459 e. The van der Waals surface area contributed by atoms with Gasteiger partial charge in [-0.3, -0.25) is 9.59 Å². The number of nitrogens with zero attached hydrogens (tertiary/aromatic N) is 1. The van der Waals surface area contributed by atoms with E-state index in [9.17, 15) is 30.0 Å². The molecule has 14 nitrogen and oxygen atoms in total. The number of ether oxygens (including phenoxy) is 7. The van der Waals surface area contributed by atoms with Gasteiger partial charge in [0.25, 0.3) is 0 Å². The molecule has 0 bridgehead atoms. The summed E-state index contributed by atoms with van der Waals surface area (Å²) in [5.74, 6) is -4.50. The third-order valence-electron chi connectivity index (χ3n) is 12.1. The Kier molecular flexibility index (Phi) is 14.7. The van der Waals surface area contributed by atoms with Crippen molar-refractivity contribution in [3.05, 3.63) is 0 Å². The van der Waals surface area contributed by atoms with Crippen LogP contribution in [-0.4, -0.2) is 150 Å². The molecular formula is C37H67NO13. The minimum atomic E-state index is -1.97. The van der Waals surface area contributed by atoms with E-state index in [0.717, 1.165) is 0 Å². The number of ketones is 1. The lowest BCUT2D eigenvalue weighted by Crippen LogP contribution is -2.61. The zero-order chi connectivity index (χ0) is 39.0. The van der Waals surface area contributed by atoms with E-state index >= 15 is 0 Å². The number of carbonyl (C=O) groups is 2. The van der Waals surface area contributed by atoms with Crippen molar-refractivity contribution in [2.24, 2.45) is 23.7 Å². The molecule has 3 heterocycles. The molecule has 0 aromatic heterocycles. The molecule has 0 unspecified atom stereocenters. The summed E-state index contributed by atoms with van der Waals surface area (Å²) in [5.41, 5.74) is -4.25. The van der Waals surface area contributed by atoms with Crippen LogP contribution >= 0.6 is 0 Å². The monoisotopic (exact) mass is 733 g/mol. The number of aliphatic hydroxyl groups excluding tert-OH is 3. The summed E-state index contributed by atoms with van der Waals surface area (Å²) in [5, 5.41) is 45.2. The van der Waals surface area contributed by atoms with E-state index in [0.29, 0.717) is 6.42 Å². The first-order valence-corrected chi connectivity index (χ1v) is 18.3. The minimum Gasteiger partial charge on any atom is -0.459 e. The van der Waals surface area contributed by atoms with E-state index in [2.05, 4.69) is 0 Å². The predicted octanol–water partition coefficient (Wildman–Crippen LogP) is 2.05. The molecule has 3 rings (SSSR count). The van der Waals surface area contributed by atoms with Gasteiger partial charge in [0.15, 0.2) is 12.6 Å². The van der Waals surface area contributed by atoms with Gasteiger partial charge in [-0.2, -0.15) is 0 Å². The zero-order valence-corrected chi connectivity index (χ0v) is 33.2. The van der Waals surface area contributed by atoms with Crippen molar-refractivity contribution in [2.45, 2.75) is 173 Å². The standard InChI is InChI=1S/C37H67NO13/c1-18-16-36(9,46-14)32(51-34-28(40)25(38(11)12)15-19(2)47-34)21(4)29(50-26-17-35(8,45-13)31(42)23(6)48-26)22(5)33(43)49-24(7)37(10,44)30(41)20(3)27(18)39/h18-26,28-32,34,40-42,44H,15-17H2,1-14H3/t18-,19-,20+,21+,22-,23+,24-,25+,26+,28-,29+,30-,31+,32-,34-,35-,36-,37-/m1/s1. The molecule has 51 heavy (non-hydrogen) atoms. The van der Waals surface area contributed by atoms with E-state index in [1.165, 1.54) is 35.0 Å². The van der Waals surface area contributed by atoms with Gasteiger partial charge in [0, 0.05) is 44.4 Å². The first-order valence-electron chi connectivity index (χ1n) is 18.3. The quantitative estimate of drug-likeness (QED) is 0.279. The Labute approximate surface area is 304 Å². The lowest BCUT2D eigenvalue weighted by Gasteiger charge is -2.49. The van der Waals surface area contributed by atoms with E-state index in [1.54, 1.807) is 34.6 Å². The van der Waals surface area contributed by atoms with Gasteiger partial charge in [-0.1, -0.05) is 20.8 Å². The van der Waals surface area contributed by atoms with E-state index < -0.39 is 102 Å². The van der Waals surface area contributed by atoms with Crippen molar-refractivity contribution in [3.63, 3.8) is 0 Å². The number of rotatable bonds is 7. The van der Waals surface area contributed by atoms with Crippen LogP contribution in [0.15, 0.2) is 0 Å². The van der Waals surface area contributed by atoms with Gasteiger partial charge in [0.1, 0.15) is 29.7 Å². The molecule has 18 atom stereocenters. The number of likely N-dealkylation sites (N-methyl/N-ethyl adjacent to an activating group) is 1. The fraction of sp³-hybridized carbons (Fsp3) is 0.946. The van der Waals surface area contributed by atoms with Gasteiger partial charge in [-0.15, -0.1) is 0 Å². The van der Waals surface area contributed by atoms with E-state index in [-0.39, 0.29) is 30.8 Å². The number of methoxy groups -OCH3 is 2. The average molecular weight is 734 g/mol. The van der Waals surface area contributed by atoms with Crippen LogP contribution in [0.3, 0.4) is 0 Å². The molecule has 3 saturated heterocycles. The maximum absolute atomic E-state index is 14.0. The summed E-state index contributed by atoms with van der Waals surface area (Å²) in [6, 6.07) is -0.283. The van der Waals surface area contributed by atoms with Gasteiger partial charge in [-0.25, -0.2) is 0 Å². The lowest BCUT2D eigenvalue weighted by atomic mass is 9.74. The predicted molar refractivity (Wildman–Crippen MR) is 186 cm³/mol. The van der Waals surface area contributed by atoms with Crippen LogP contribution in [0.2, 0.25) is 0 Å². The number of hydrogen-bond donors (Lipinski definition) is 4. The van der Waals surface area contributed by atoms with Crippen molar-refractivity contribution in [3.8, 4) is 0 Å². The summed E-state index contributed by atoms with van der Waals surface area (Å²) in [7, 11) is 6.75. The van der Waals surface area contributed by atoms with Crippen LogP contribution < -0.4 is 0 Å². The molecule has 14 heteroatoms. The lowest BCUT2D eigenvalue weighted by molar-refractivity contribution is -0.319. The van der Waals surface area contributed by atoms with Crippen LogP contribution in [0.25, 0.3) is 0 Å². The number of aliphatic hydroxyl groups is 4. The van der Waals surface area contributed by atoms with Crippen molar-refractivity contribution in [1.82, 2.24) is 4.90 Å². The molecular weight excluding hydrogens is 666 g/mol. The summed E-state index contributed by atoms with van der Waals surface area (Å²) >= 11 is 0. The molecule has 0 aliphatic carbocycles. The van der Waals surface area contributed by atoms with Crippen LogP contribution in [0.1, 0.15) is 88.5 Å². The molecule has 0 saturated carbocycles. The molecule has 3 aliphatic heterocycles. The number of cyclic esters (lactones) is 1. The van der Waals surface area contributed by atoms with Crippen LogP contribution in [0.4, 0.5) is 0 Å². The third kappa shape index (κ3) is 9.33. The van der Waals surface area contributed by atoms with Gasteiger partial charge in [0.05, 0.1) is 47.6 Å². The molecule has 4 N–H and O–H groups in total. The maximum atomic E-state index is 14.0. The Balaban J connectivity index is 2.20. The highest BCUT2D eigenvalue weighted by Crippen LogP contribution is 2.41. The molecule has 0 aromatic carbocycles. The summed E-state index contributed by atoms with van der Waals surface area (Å²) < 4.78 is 43.6. The molecule has 298 valence electrons. The summed E-state index contributed by atoms with van der Waals surface area (Å²) in [6.07, 6.45) is -8.94. The van der Waals surface area contributed by atoms with Gasteiger partial charge in [0.2, 0.25) is 0 Å². The Bertz CT molecular complexity index is 1170. The van der Waals surface area contributed by atoms with Crippen LogP contribution in [0, 0.1) is 23.7 Å². The average Bonchev–Trinajstić information content (AvgIpc) is 3.07. The highest BCUT2D eigenvalue weighted by atomic mass is 16.7. The molecule has 3 aliphatic rings. The highest BCUT2D eigenvalue weighted by molar-refractivity contribution is 5.83. The first-order chi connectivity index (χ1) is 23.4. The Morgan fingerprint density at radius 3 is 1.94 bits per heavy atom. The molecule has 0 amide bonds. The highest BCUT2D eigenvalue weighted by Gasteiger charge is 2.53. The smallest absolute Gasteiger partial charge is 0.311 e. The molecule has 0 aromatic rings. The van der Waals surface area contributed by atoms with E-state index in [1.807, 2.05) is 32.8 Å². The minimum absolute atomic E-state index is 0.109. The fourth-order valence-corrected chi connectivity index (χ4v) is 8.17. The SMILES string of the molecule is CO[C@]1(C)C[C@@H](C)C(=O)[C@H](C)[C@@H](O)[C@](C)(O)[C@@H](C)OC(=O)[C@H](C)[C@@H](O[C@H]2C[C@@](C)(OC)[C@@H](O)[C@H](C)O2)[C@H](C)[C@H]1O[C@H]1O[C@H](C)C[C@H](N(C)C)[C@H]1O. The molecule has 0 spiro atoms.